The first-order chi connectivity index (χ1) is 13.2. The molecule has 5 heteroatoms. The number of carbonyl (C=O) groups is 1. The molecule has 2 atom stereocenters. The van der Waals surface area contributed by atoms with Crippen LogP contribution in [-0.4, -0.2) is 51.2 Å². The van der Waals surface area contributed by atoms with E-state index in [4.69, 9.17) is 9.47 Å². The molecular weight excluding hydrogens is 340 g/mol. The fraction of sp³-hybridized carbons (Fsp3) is 0.409. The Balaban J connectivity index is 1.48. The van der Waals surface area contributed by atoms with Crippen LogP contribution in [0.2, 0.25) is 0 Å². The Bertz CT molecular complexity index is 836. The van der Waals surface area contributed by atoms with E-state index in [-0.39, 0.29) is 5.91 Å². The third-order valence-electron chi connectivity index (χ3n) is 5.65. The van der Waals surface area contributed by atoms with Gasteiger partial charge in [0.2, 0.25) is 0 Å². The Morgan fingerprint density at radius 3 is 2.89 bits per heavy atom. The molecule has 0 radical (unpaired) electrons. The van der Waals surface area contributed by atoms with Crippen molar-refractivity contribution in [1.29, 1.82) is 0 Å². The van der Waals surface area contributed by atoms with Crippen LogP contribution < -0.4 is 14.8 Å². The summed E-state index contributed by atoms with van der Waals surface area (Å²) < 4.78 is 11.3. The van der Waals surface area contributed by atoms with Gasteiger partial charge in [-0.3, -0.25) is 4.79 Å². The Morgan fingerprint density at radius 1 is 1.19 bits per heavy atom. The molecule has 1 saturated heterocycles. The molecule has 0 bridgehead atoms. The molecule has 2 aliphatic heterocycles. The van der Waals surface area contributed by atoms with Gasteiger partial charge in [0.1, 0.15) is 11.5 Å². The van der Waals surface area contributed by atoms with Gasteiger partial charge in [-0.2, -0.15) is 0 Å². The van der Waals surface area contributed by atoms with Crippen molar-refractivity contribution in [2.75, 3.05) is 40.4 Å². The number of hydrogen-bond acceptors (Lipinski definition) is 4. The number of nitrogens with zero attached hydrogens (tertiary/aromatic N) is 1. The SMILES string of the molecule is COc1ccccc1CCOc1ccc2c(c1)C(=O)NC[C@H]1CN(C)C[C@H]21. The monoisotopic (exact) mass is 366 g/mol. The van der Waals surface area contributed by atoms with Crippen molar-refractivity contribution in [3.05, 3.63) is 59.2 Å². The summed E-state index contributed by atoms with van der Waals surface area (Å²) in [6, 6.07) is 13.9. The third kappa shape index (κ3) is 3.65. The predicted octanol–water partition coefficient (Wildman–Crippen LogP) is 2.71. The van der Waals surface area contributed by atoms with Crippen LogP contribution in [0, 0.1) is 5.92 Å². The van der Waals surface area contributed by atoms with E-state index in [9.17, 15) is 4.79 Å². The van der Waals surface area contributed by atoms with Crippen molar-refractivity contribution in [3.63, 3.8) is 0 Å². The van der Waals surface area contributed by atoms with E-state index < -0.39 is 0 Å². The van der Waals surface area contributed by atoms with E-state index in [1.807, 2.05) is 36.4 Å². The van der Waals surface area contributed by atoms with Crippen LogP contribution in [0.5, 0.6) is 11.5 Å². The maximum absolute atomic E-state index is 12.6. The van der Waals surface area contributed by atoms with Gasteiger partial charge >= 0.3 is 0 Å². The summed E-state index contributed by atoms with van der Waals surface area (Å²) in [4.78, 5) is 14.9. The van der Waals surface area contributed by atoms with E-state index in [1.165, 1.54) is 0 Å². The minimum atomic E-state index is 0.0113. The van der Waals surface area contributed by atoms with Gasteiger partial charge in [-0.15, -0.1) is 0 Å². The zero-order valence-corrected chi connectivity index (χ0v) is 15.9. The van der Waals surface area contributed by atoms with Crippen LogP contribution in [0.3, 0.4) is 0 Å². The van der Waals surface area contributed by atoms with Crippen molar-refractivity contribution in [2.45, 2.75) is 12.3 Å². The topological polar surface area (TPSA) is 50.8 Å². The largest absolute Gasteiger partial charge is 0.496 e. The number of likely N-dealkylation sites (tertiary alicyclic amines) is 1. The van der Waals surface area contributed by atoms with Crippen molar-refractivity contribution >= 4 is 5.91 Å². The highest BCUT2D eigenvalue weighted by Gasteiger charge is 2.36. The highest BCUT2D eigenvalue weighted by atomic mass is 16.5. The standard InChI is InChI=1S/C22H26N2O3/c1-24-13-16-12-23-22(25)19-11-17(7-8-18(19)20(16)14-24)27-10-9-15-5-3-4-6-21(15)26-2/h3-8,11,16,20H,9-10,12-14H2,1-2H3,(H,23,25)/t16-,20-/m0/s1. The Hall–Kier alpha value is -2.53. The molecule has 142 valence electrons. The average Bonchev–Trinajstić information content (AvgIpc) is 3.01. The van der Waals surface area contributed by atoms with E-state index >= 15 is 0 Å². The summed E-state index contributed by atoms with van der Waals surface area (Å²) in [5.74, 6) is 2.52. The maximum Gasteiger partial charge on any atom is 0.251 e. The molecule has 27 heavy (non-hydrogen) atoms. The zero-order valence-electron chi connectivity index (χ0n) is 15.9. The fourth-order valence-electron chi connectivity index (χ4n) is 4.30. The summed E-state index contributed by atoms with van der Waals surface area (Å²) in [6.07, 6.45) is 0.753. The highest BCUT2D eigenvalue weighted by molar-refractivity contribution is 5.96. The van der Waals surface area contributed by atoms with Crippen LogP contribution in [0.25, 0.3) is 0 Å². The van der Waals surface area contributed by atoms with E-state index in [1.54, 1.807) is 7.11 Å². The van der Waals surface area contributed by atoms with E-state index in [0.717, 1.165) is 54.2 Å². The zero-order chi connectivity index (χ0) is 18.8. The molecule has 1 amide bonds. The number of amides is 1. The Labute approximate surface area is 160 Å². The first-order valence-electron chi connectivity index (χ1n) is 9.51. The minimum absolute atomic E-state index is 0.0113. The average molecular weight is 366 g/mol. The number of fused-ring (bicyclic) bond motifs is 3. The fourth-order valence-corrected chi connectivity index (χ4v) is 4.30. The van der Waals surface area contributed by atoms with Crippen LogP contribution >= 0.6 is 0 Å². The lowest BCUT2D eigenvalue weighted by Crippen LogP contribution is -2.29. The molecule has 2 aromatic carbocycles. The number of ether oxygens (including phenoxy) is 2. The van der Waals surface area contributed by atoms with Crippen LogP contribution in [0.15, 0.2) is 42.5 Å². The number of carbonyl (C=O) groups excluding carboxylic acids is 1. The van der Waals surface area contributed by atoms with Gasteiger partial charge in [-0.25, -0.2) is 0 Å². The molecule has 4 rings (SSSR count). The lowest BCUT2D eigenvalue weighted by Gasteiger charge is -2.17. The van der Waals surface area contributed by atoms with Crippen molar-refractivity contribution in [3.8, 4) is 11.5 Å². The minimum Gasteiger partial charge on any atom is -0.496 e. The van der Waals surface area contributed by atoms with Crippen LogP contribution in [0.1, 0.15) is 27.4 Å². The Morgan fingerprint density at radius 2 is 2.04 bits per heavy atom. The molecule has 0 aliphatic carbocycles. The molecule has 5 nitrogen and oxygen atoms in total. The lowest BCUT2D eigenvalue weighted by molar-refractivity contribution is 0.0951. The van der Waals surface area contributed by atoms with Gasteiger partial charge in [0.15, 0.2) is 0 Å². The number of likely N-dealkylation sites (N-methyl/N-ethyl adjacent to an activating group) is 1. The number of methoxy groups -OCH3 is 1. The molecular formula is C22H26N2O3. The number of benzene rings is 2. The lowest BCUT2D eigenvalue weighted by atomic mass is 9.87. The second kappa shape index (κ2) is 7.61. The Kier molecular flexibility index (Phi) is 5.03. The summed E-state index contributed by atoms with van der Waals surface area (Å²) in [5, 5.41) is 3.08. The van der Waals surface area contributed by atoms with Gasteiger partial charge in [0, 0.05) is 37.5 Å². The van der Waals surface area contributed by atoms with Crippen LogP contribution in [-0.2, 0) is 6.42 Å². The number of rotatable bonds is 5. The maximum atomic E-state index is 12.6. The summed E-state index contributed by atoms with van der Waals surface area (Å²) in [5.41, 5.74) is 3.02. The van der Waals surface area contributed by atoms with Gasteiger partial charge in [0.25, 0.3) is 5.91 Å². The van der Waals surface area contributed by atoms with Crippen molar-refractivity contribution in [2.24, 2.45) is 5.92 Å². The van der Waals surface area contributed by atoms with Crippen LogP contribution in [0.4, 0.5) is 0 Å². The quantitative estimate of drug-likeness (QED) is 0.884. The van der Waals surface area contributed by atoms with Gasteiger partial charge in [0.05, 0.1) is 13.7 Å². The summed E-state index contributed by atoms with van der Waals surface area (Å²) >= 11 is 0. The predicted molar refractivity (Wildman–Crippen MR) is 105 cm³/mol. The normalized spacial score (nSPS) is 21.8. The summed E-state index contributed by atoms with van der Waals surface area (Å²) in [6.45, 7) is 3.31. The molecule has 0 unspecified atom stereocenters. The smallest absolute Gasteiger partial charge is 0.251 e. The third-order valence-corrected chi connectivity index (χ3v) is 5.65. The van der Waals surface area contributed by atoms with E-state index in [0.29, 0.717) is 18.4 Å². The molecule has 0 aromatic heterocycles. The molecule has 1 N–H and O–H groups in total. The summed E-state index contributed by atoms with van der Waals surface area (Å²) in [7, 11) is 3.82. The number of para-hydroxylation sites is 1. The van der Waals surface area contributed by atoms with Gasteiger partial charge in [-0.05, 0) is 42.3 Å². The second-order valence-electron chi connectivity index (χ2n) is 7.46. The number of nitrogens with one attached hydrogen (secondary N) is 1. The van der Waals surface area contributed by atoms with Gasteiger partial charge < -0.3 is 19.7 Å². The van der Waals surface area contributed by atoms with Gasteiger partial charge in [-0.1, -0.05) is 24.3 Å². The van der Waals surface area contributed by atoms with Crippen molar-refractivity contribution in [1.82, 2.24) is 10.2 Å². The van der Waals surface area contributed by atoms with Crippen molar-refractivity contribution < 1.29 is 14.3 Å². The first-order valence-corrected chi connectivity index (χ1v) is 9.51. The molecule has 1 fully saturated rings. The molecule has 2 aromatic rings. The van der Waals surface area contributed by atoms with E-state index in [2.05, 4.69) is 23.3 Å². The highest BCUT2D eigenvalue weighted by Crippen LogP contribution is 2.36. The number of hydrogen-bond donors (Lipinski definition) is 1. The molecule has 2 heterocycles. The second-order valence-corrected chi connectivity index (χ2v) is 7.46. The molecule has 0 saturated carbocycles. The molecule has 0 spiro atoms. The first kappa shape index (κ1) is 17.9. The molecule has 2 aliphatic rings.